The number of halogens is 2. The zero-order chi connectivity index (χ0) is 12.3. The van der Waals surface area contributed by atoms with Gasteiger partial charge in [-0.05, 0) is 42.3 Å². The van der Waals surface area contributed by atoms with Gasteiger partial charge in [0.1, 0.15) is 5.15 Å². The van der Waals surface area contributed by atoms with Crippen molar-refractivity contribution >= 4 is 38.3 Å². The van der Waals surface area contributed by atoms with E-state index in [9.17, 15) is 0 Å². The SMILES string of the molecule is OCCCCc1ccc(Br)c2cnc(Cl)cc12. The predicted molar refractivity (Wildman–Crippen MR) is 74.5 cm³/mol. The minimum absolute atomic E-state index is 0.247. The van der Waals surface area contributed by atoms with Crippen molar-refractivity contribution in [2.24, 2.45) is 0 Å². The summed E-state index contributed by atoms with van der Waals surface area (Å²) >= 11 is 9.45. The highest BCUT2D eigenvalue weighted by atomic mass is 79.9. The maximum Gasteiger partial charge on any atom is 0.129 e. The van der Waals surface area contributed by atoms with Gasteiger partial charge in [-0.1, -0.05) is 33.6 Å². The number of aromatic nitrogens is 1. The average molecular weight is 315 g/mol. The van der Waals surface area contributed by atoms with E-state index in [-0.39, 0.29) is 6.61 Å². The zero-order valence-corrected chi connectivity index (χ0v) is 11.6. The molecular weight excluding hydrogens is 302 g/mol. The lowest BCUT2D eigenvalue weighted by atomic mass is 10.0. The molecule has 0 amide bonds. The molecule has 0 aliphatic heterocycles. The summed E-state index contributed by atoms with van der Waals surface area (Å²) in [5.74, 6) is 0. The van der Waals surface area contributed by atoms with Crippen molar-refractivity contribution in [1.29, 1.82) is 0 Å². The van der Waals surface area contributed by atoms with Gasteiger partial charge in [0.25, 0.3) is 0 Å². The highest BCUT2D eigenvalue weighted by Gasteiger charge is 2.05. The number of benzene rings is 1. The molecule has 0 aliphatic carbocycles. The van der Waals surface area contributed by atoms with Crippen LogP contribution in [-0.2, 0) is 6.42 Å². The lowest BCUT2D eigenvalue weighted by molar-refractivity contribution is 0.284. The summed E-state index contributed by atoms with van der Waals surface area (Å²) in [4.78, 5) is 4.10. The summed E-state index contributed by atoms with van der Waals surface area (Å²) in [7, 11) is 0. The van der Waals surface area contributed by atoms with E-state index >= 15 is 0 Å². The quantitative estimate of drug-likeness (QED) is 0.684. The summed E-state index contributed by atoms with van der Waals surface area (Å²) in [5, 5.41) is 11.5. The Balaban J connectivity index is 2.41. The van der Waals surface area contributed by atoms with Crippen LogP contribution in [0.5, 0.6) is 0 Å². The third-order valence-electron chi connectivity index (χ3n) is 2.76. The number of fused-ring (bicyclic) bond motifs is 1. The molecule has 0 atom stereocenters. The number of aliphatic hydroxyl groups is 1. The molecule has 17 heavy (non-hydrogen) atoms. The lowest BCUT2D eigenvalue weighted by Crippen LogP contribution is -1.91. The maximum atomic E-state index is 8.81. The van der Waals surface area contributed by atoms with Gasteiger partial charge in [-0.2, -0.15) is 0 Å². The molecule has 0 saturated carbocycles. The van der Waals surface area contributed by atoms with Gasteiger partial charge in [0.2, 0.25) is 0 Å². The van der Waals surface area contributed by atoms with E-state index < -0.39 is 0 Å². The van der Waals surface area contributed by atoms with Crippen molar-refractivity contribution in [3.63, 3.8) is 0 Å². The summed E-state index contributed by atoms with van der Waals surface area (Å²) in [6, 6.07) is 6.03. The molecule has 1 aromatic heterocycles. The van der Waals surface area contributed by atoms with Gasteiger partial charge in [-0.25, -0.2) is 4.98 Å². The van der Waals surface area contributed by atoms with Gasteiger partial charge in [0.15, 0.2) is 0 Å². The number of unbranched alkanes of at least 4 members (excludes halogenated alkanes) is 1. The number of hydrogen-bond donors (Lipinski definition) is 1. The maximum absolute atomic E-state index is 8.81. The van der Waals surface area contributed by atoms with Crippen molar-refractivity contribution in [2.75, 3.05) is 6.61 Å². The molecule has 0 spiro atoms. The van der Waals surface area contributed by atoms with Crippen LogP contribution in [0.2, 0.25) is 5.15 Å². The van der Waals surface area contributed by atoms with Crippen molar-refractivity contribution in [3.05, 3.63) is 39.6 Å². The van der Waals surface area contributed by atoms with E-state index in [1.807, 2.05) is 12.1 Å². The van der Waals surface area contributed by atoms with Crippen molar-refractivity contribution in [3.8, 4) is 0 Å². The minimum Gasteiger partial charge on any atom is -0.396 e. The fraction of sp³-hybridized carbons (Fsp3) is 0.308. The van der Waals surface area contributed by atoms with Crippen LogP contribution in [0.3, 0.4) is 0 Å². The zero-order valence-electron chi connectivity index (χ0n) is 9.29. The van der Waals surface area contributed by atoms with Crippen LogP contribution in [-0.4, -0.2) is 16.7 Å². The molecule has 1 heterocycles. The molecule has 2 rings (SSSR count). The molecule has 0 saturated heterocycles. The predicted octanol–water partition coefficient (Wildman–Crippen LogP) is 3.97. The van der Waals surface area contributed by atoms with Crippen LogP contribution in [0.25, 0.3) is 10.8 Å². The molecule has 0 radical (unpaired) electrons. The Morgan fingerprint density at radius 1 is 1.24 bits per heavy atom. The van der Waals surface area contributed by atoms with E-state index in [1.165, 1.54) is 5.56 Å². The Labute approximate surface area is 114 Å². The smallest absolute Gasteiger partial charge is 0.129 e. The van der Waals surface area contributed by atoms with Gasteiger partial charge in [0.05, 0.1) is 0 Å². The molecule has 0 bridgehead atoms. The number of rotatable bonds is 4. The first-order valence-electron chi connectivity index (χ1n) is 5.56. The van der Waals surface area contributed by atoms with Gasteiger partial charge in [-0.3, -0.25) is 0 Å². The standard InChI is InChI=1S/C13H13BrClNO/c14-12-5-4-9(3-1-2-6-17)10-7-13(15)16-8-11(10)12/h4-5,7-8,17H,1-3,6H2. The second-order valence-corrected chi connectivity index (χ2v) is 5.18. The average Bonchev–Trinajstić information content (AvgIpc) is 2.32. The Morgan fingerprint density at radius 2 is 2.06 bits per heavy atom. The van der Waals surface area contributed by atoms with Gasteiger partial charge in [-0.15, -0.1) is 0 Å². The molecule has 0 aliphatic rings. The first-order valence-corrected chi connectivity index (χ1v) is 6.73. The molecule has 1 aromatic carbocycles. The second kappa shape index (κ2) is 5.80. The Bertz CT molecular complexity index is 530. The largest absolute Gasteiger partial charge is 0.396 e. The van der Waals surface area contributed by atoms with Crippen LogP contribution < -0.4 is 0 Å². The number of hydrogen-bond acceptors (Lipinski definition) is 2. The highest BCUT2D eigenvalue weighted by molar-refractivity contribution is 9.10. The highest BCUT2D eigenvalue weighted by Crippen LogP contribution is 2.28. The third-order valence-corrected chi connectivity index (χ3v) is 3.66. The Kier molecular flexibility index (Phi) is 4.37. The van der Waals surface area contributed by atoms with Crippen molar-refractivity contribution in [2.45, 2.75) is 19.3 Å². The number of aliphatic hydroxyl groups excluding tert-OH is 1. The van der Waals surface area contributed by atoms with E-state index in [2.05, 4.69) is 27.0 Å². The van der Waals surface area contributed by atoms with Crippen LogP contribution >= 0.6 is 27.5 Å². The van der Waals surface area contributed by atoms with E-state index in [0.717, 1.165) is 34.5 Å². The third kappa shape index (κ3) is 2.97. The number of nitrogens with zero attached hydrogens (tertiary/aromatic N) is 1. The minimum atomic E-state index is 0.247. The number of pyridine rings is 1. The molecule has 2 aromatic rings. The summed E-state index contributed by atoms with van der Waals surface area (Å²) in [5.41, 5.74) is 1.25. The summed E-state index contributed by atoms with van der Waals surface area (Å²) in [6.07, 6.45) is 4.55. The lowest BCUT2D eigenvalue weighted by Gasteiger charge is -2.08. The van der Waals surface area contributed by atoms with E-state index in [4.69, 9.17) is 16.7 Å². The monoisotopic (exact) mass is 313 g/mol. The summed E-state index contributed by atoms with van der Waals surface area (Å²) in [6.45, 7) is 0.247. The van der Waals surface area contributed by atoms with Crippen LogP contribution in [0.15, 0.2) is 28.9 Å². The molecular formula is C13H13BrClNO. The Hall–Kier alpha value is -0.640. The molecule has 4 heteroatoms. The van der Waals surface area contributed by atoms with Gasteiger partial charge < -0.3 is 5.11 Å². The van der Waals surface area contributed by atoms with Gasteiger partial charge >= 0.3 is 0 Å². The molecule has 1 N–H and O–H groups in total. The van der Waals surface area contributed by atoms with Crippen LogP contribution in [0.1, 0.15) is 18.4 Å². The van der Waals surface area contributed by atoms with Gasteiger partial charge in [0, 0.05) is 22.7 Å². The second-order valence-electron chi connectivity index (χ2n) is 3.94. The molecule has 90 valence electrons. The number of aryl methyl sites for hydroxylation is 1. The van der Waals surface area contributed by atoms with Crippen LogP contribution in [0, 0.1) is 0 Å². The first kappa shape index (κ1) is 12.8. The van der Waals surface area contributed by atoms with Crippen molar-refractivity contribution in [1.82, 2.24) is 4.98 Å². The van der Waals surface area contributed by atoms with E-state index in [1.54, 1.807) is 6.20 Å². The Morgan fingerprint density at radius 3 is 2.82 bits per heavy atom. The van der Waals surface area contributed by atoms with Crippen molar-refractivity contribution < 1.29 is 5.11 Å². The fourth-order valence-electron chi connectivity index (χ4n) is 1.88. The first-order chi connectivity index (χ1) is 8.22. The fourth-order valence-corrected chi connectivity index (χ4v) is 2.49. The molecule has 0 fully saturated rings. The van der Waals surface area contributed by atoms with Crippen LogP contribution in [0.4, 0.5) is 0 Å². The topological polar surface area (TPSA) is 33.1 Å². The summed E-state index contributed by atoms with van der Waals surface area (Å²) < 4.78 is 1.03. The molecule has 2 nitrogen and oxygen atoms in total. The van der Waals surface area contributed by atoms with E-state index in [0.29, 0.717) is 5.15 Å². The normalized spacial score (nSPS) is 11.0. The molecule has 0 unspecified atom stereocenters.